The quantitative estimate of drug-likeness (QED) is 0.760. The topological polar surface area (TPSA) is 94.4 Å². The van der Waals surface area contributed by atoms with Crippen LogP contribution in [0.15, 0.2) is 44.3 Å². The van der Waals surface area contributed by atoms with E-state index in [4.69, 9.17) is 4.42 Å². The second-order valence-corrected chi connectivity index (χ2v) is 5.12. The fourth-order valence-electron chi connectivity index (χ4n) is 2.50. The average Bonchev–Trinajstić information content (AvgIpc) is 2.90. The summed E-state index contributed by atoms with van der Waals surface area (Å²) in [6, 6.07) is 6.07. The third-order valence-corrected chi connectivity index (χ3v) is 3.60. The fourth-order valence-corrected chi connectivity index (χ4v) is 2.50. The van der Waals surface area contributed by atoms with Crippen molar-refractivity contribution in [1.29, 1.82) is 0 Å². The Morgan fingerprint density at radius 1 is 1.20 bits per heavy atom. The lowest BCUT2D eigenvalue weighted by atomic mass is 10.2. The van der Waals surface area contributed by atoms with Gasteiger partial charge in [0, 0.05) is 18.5 Å². The highest BCUT2D eigenvalue weighted by Crippen LogP contribution is 2.29. The number of para-hydroxylation sites is 1. The van der Waals surface area contributed by atoms with Crippen molar-refractivity contribution < 1.29 is 27.5 Å². The van der Waals surface area contributed by atoms with Crippen LogP contribution >= 0.6 is 0 Å². The van der Waals surface area contributed by atoms with E-state index < -0.39 is 40.5 Å². The molecule has 130 valence electrons. The number of carboxylic acids is 1. The molecule has 0 unspecified atom stereocenters. The number of aromatic carboxylic acids is 1. The minimum Gasteiger partial charge on any atom is -0.475 e. The Morgan fingerprint density at radius 3 is 2.44 bits per heavy atom. The van der Waals surface area contributed by atoms with Crippen molar-refractivity contribution in [2.75, 3.05) is 0 Å². The van der Waals surface area contributed by atoms with Crippen molar-refractivity contribution >= 4 is 16.9 Å². The van der Waals surface area contributed by atoms with E-state index in [1.165, 1.54) is 24.3 Å². The van der Waals surface area contributed by atoms with E-state index in [1.54, 1.807) is 0 Å². The third-order valence-electron chi connectivity index (χ3n) is 3.60. The maximum absolute atomic E-state index is 12.9. The normalized spacial score (nSPS) is 11.8. The molecule has 0 aliphatic carbocycles. The van der Waals surface area contributed by atoms with Gasteiger partial charge in [-0.1, -0.05) is 12.1 Å². The van der Waals surface area contributed by atoms with Gasteiger partial charge in [-0.15, -0.1) is 0 Å². The number of rotatable bonds is 2. The first-order chi connectivity index (χ1) is 11.6. The first-order valence-electron chi connectivity index (χ1n) is 6.78. The summed E-state index contributed by atoms with van der Waals surface area (Å²) < 4.78 is 44.5. The molecule has 1 N–H and O–H groups in total. The van der Waals surface area contributed by atoms with Crippen LogP contribution in [0.1, 0.15) is 16.2 Å². The van der Waals surface area contributed by atoms with Crippen LogP contribution in [-0.2, 0) is 13.2 Å². The minimum atomic E-state index is -4.92. The Bertz CT molecular complexity index is 1120. The van der Waals surface area contributed by atoms with Gasteiger partial charge in [0.15, 0.2) is 0 Å². The molecule has 0 atom stereocenters. The summed E-state index contributed by atoms with van der Waals surface area (Å²) >= 11 is 0. The number of hydrogen-bond donors (Lipinski definition) is 1. The Balaban J connectivity index is 2.47. The van der Waals surface area contributed by atoms with Gasteiger partial charge in [0.2, 0.25) is 5.76 Å². The molecule has 0 radical (unpaired) electrons. The second-order valence-electron chi connectivity index (χ2n) is 5.12. The van der Waals surface area contributed by atoms with Gasteiger partial charge in [0.25, 0.3) is 5.56 Å². The summed E-state index contributed by atoms with van der Waals surface area (Å²) in [5.74, 6) is -2.29. The van der Waals surface area contributed by atoms with Crippen LogP contribution in [0.4, 0.5) is 13.2 Å². The fraction of sp³-hybridized carbons (Fsp3) is 0.133. The second kappa shape index (κ2) is 5.36. The lowest BCUT2D eigenvalue weighted by Crippen LogP contribution is -2.41. The molecule has 2 aromatic heterocycles. The lowest BCUT2D eigenvalue weighted by molar-refractivity contribution is -0.144. The van der Waals surface area contributed by atoms with E-state index in [0.717, 1.165) is 7.05 Å². The third kappa shape index (κ3) is 2.51. The van der Waals surface area contributed by atoms with Gasteiger partial charge in [-0.05, 0) is 12.1 Å². The highest BCUT2D eigenvalue weighted by atomic mass is 19.4. The first kappa shape index (κ1) is 16.6. The number of halogens is 3. The van der Waals surface area contributed by atoms with Gasteiger partial charge in [-0.3, -0.25) is 9.36 Å². The number of furan rings is 1. The zero-order chi connectivity index (χ0) is 18.5. The number of nitrogens with zero attached hydrogens (tertiary/aromatic N) is 2. The number of carbonyl (C=O) groups is 1. The van der Waals surface area contributed by atoms with Crippen LogP contribution in [0, 0.1) is 0 Å². The van der Waals surface area contributed by atoms with E-state index in [9.17, 15) is 32.7 Å². The molecule has 0 aliphatic heterocycles. The predicted octanol–water partition coefficient (Wildman–Crippen LogP) is 2.00. The average molecular weight is 354 g/mol. The van der Waals surface area contributed by atoms with Gasteiger partial charge >= 0.3 is 17.8 Å². The molecule has 0 bridgehead atoms. The number of aromatic nitrogens is 2. The van der Waals surface area contributed by atoms with E-state index in [0.29, 0.717) is 4.57 Å². The van der Waals surface area contributed by atoms with Crippen LogP contribution < -0.4 is 11.2 Å². The molecule has 10 heteroatoms. The van der Waals surface area contributed by atoms with Gasteiger partial charge < -0.3 is 9.52 Å². The van der Waals surface area contributed by atoms with Crippen molar-refractivity contribution in [3.05, 3.63) is 62.6 Å². The van der Waals surface area contributed by atoms with E-state index in [-0.39, 0.29) is 21.6 Å². The molecular formula is C15H9F3N2O5. The number of fused-ring (bicyclic) bond motifs is 1. The van der Waals surface area contributed by atoms with Crippen molar-refractivity contribution in [2.45, 2.75) is 6.18 Å². The summed E-state index contributed by atoms with van der Waals surface area (Å²) in [4.78, 5) is 36.0. The molecule has 0 saturated carbocycles. The zero-order valence-corrected chi connectivity index (χ0v) is 12.5. The largest absolute Gasteiger partial charge is 0.475 e. The van der Waals surface area contributed by atoms with Crippen LogP contribution in [0.3, 0.4) is 0 Å². The van der Waals surface area contributed by atoms with Gasteiger partial charge in [0.05, 0.1) is 0 Å². The molecule has 2 heterocycles. The van der Waals surface area contributed by atoms with Crippen molar-refractivity contribution in [3.8, 4) is 5.69 Å². The summed E-state index contributed by atoms with van der Waals surface area (Å²) in [6.45, 7) is 0. The van der Waals surface area contributed by atoms with Crippen molar-refractivity contribution in [2.24, 2.45) is 7.05 Å². The molecule has 25 heavy (non-hydrogen) atoms. The maximum atomic E-state index is 12.9. The van der Waals surface area contributed by atoms with Crippen molar-refractivity contribution in [3.63, 3.8) is 0 Å². The molecule has 0 aliphatic rings. The van der Waals surface area contributed by atoms with Crippen LogP contribution in [0.25, 0.3) is 16.7 Å². The molecule has 7 nitrogen and oxygen atoms in total. The molecule has 0 saturated heterocycles. The number of alkyl halides is 3. The number of benzene rings is 1. The van der Waals surface area contributed by atoms with Crippen molar-refractivity contribution in [1.82, 2.24) is 9.13 Å². The Kier molecular flexibility index (Phi) is 3.55. The van der Waals surface area contributed by atoms with Gasteiger partial charge in [0.1, 0.15) is 17.0 Å². The predicted molar refractivity (Wildman–Crippen MR) is 79.0 cm³/mol. The zero-order valence-electron chi connectivity index (χ0n) is 12.5. The van der Waals surface area contributed by atoms with Crippen LogP contribution in [0.2, 0.25) is 0 Å². The Hall–Kier alpha value is -3.30. The molecule has 1 aromatic carbocycles. The molecule has 0 fully saturated rings. The van der Waals surface area contributed by atoms with Crippen LogP contribution in [-0.4, -0.2) is 20.2 Å². The van der Waals surface area contributed by atoms with E-state index in [1.807, 2.05) is 0 Å². The number of carboxylic acid groups (broad SMARTS) is 1. The summed E-state index contributed by atoms with van der Waals surface area (Å²) in [5, 5.41) is 9.38. The van der Waals surface area contributed by atoms with Gasteiger partial charge in [-0.25, -0.2) is 14.2 Å². The summed E-state index contributed by atoms with van der Waals surface area (Å²) in [5.41, 5.74) is -4.44. The minimum absolute atomic E-state index is 0.0729. The van der Waals surface area contributed by atoms with Gasteiger partial charge in [-0.2, -0.15) is 13.2 Å². The van der Waals surface area contributed by atoms with Crippen LogP contribution in [0.5, 0.6) is 0 Å². The highest BCUT2D eigenvalue weighted by Gasteiger charge is 2.36. The Morgan fingerprint density at radius 2 is 1.84 bits per heavy atom. The maximum Gasteiger partial charge on any atom is 0.431 e. The SMILES string of the molecule is Cn1c(C(F)(F)F)cc(=O)n(-c2c(C(=O)O)oc3ccccc23)c1=O. The summed E-state index contributed by atoms with van der Waals surface area (Å²) in [7, 11) is 0.837. The van der Waals surface area contributed by atoms with E-state index in [2.05, 4.69) is 0 Å². The van der Waals surface area contributed by atoms with E-state index >= 15 is 0 Å². The Labute approximate surface area is 136 Å². The molecule has 3 rings (SSSR count). The molecule has 0 spiro atoms. The standard InChI is InChI=1S/C15H9F3N2O5/c1-19-9(15(16,17)18)6-10(21)20(14(19)24)11-7-4-2-3-5-8(7)25-12(11)13(22)23/h2-6H,1H3,(H,22,23). The summed E-state index contributed by atoms with van der Waals surface area (Å²) in [6.07, 6.45) is -4.92. The monoisotopic (exact) mass is 354 g/mol. The highest BCUT2D eigenvalue weighted by molar-refractivity contribution is 5.99. The number of hydrogen-bond acceptors (Lipinski definition) is 4. The molecular weight excluding hydrogens is 345 g/mol. The molecule has 3 aromatic rings. The lowest BCUT2D eigenvalue weighted by Gasteiger charge is -2.13. The molecule has 0 amide bonds. The smallest absolute Gasteiger partial charge is 0.431 e. The first-order valence-corrected chi connectivity index (χ1v) is 6.78.